The number of nitrogens with zero attached hydrogens (tertiary/aromatic N) is 2. The van der Waals surface area contributed by atoms with Gasteiger partial charge in [0.1, 0.15) is 11.6 Å². The Labute approximate surface area is 156 Å². The van der Waals surface area contributed by atoms with Gasteiger partial charge in [-0.1, -0.05) is 6.92 Å². The molecule has 0 saturated carbocycles. The lowest BCUT2D eigenvalue weighted by molar-refractivity contribution is -0.385. The summed E-state index contributed by atoms with van der Waals surface area (Å²) in [7, 11) is -3.82. The van der Waals surface area contributed by atoms with E-state index in [0.29, 0.717) is 13.1 Å². The smallest absolute Gasteiger partial charge is 0.312 e. The Hall–Kier alpha value is -2.52. The maximum atomic E-state index is 13.0. The third kappa shape index (κ3) is 4.25. The Morgan fingerprint density at radius 1 is 1.22 bits per heavy atom. The predicted octanol–water partition coefficient (Wildman–Crippen LogP) is 3.95. The summed E-state index contributed by atoms with van der Waals surface area (Å²) in [5, 5.41) is 11.4. The first kappa shape index (κ1) is 19.2. The minimum atomic E-state index is -3.82. The molecule has 0 N–H and O–H groups in total. The van der Waals surface area contributed by atoms with Crippen LogP contribution < -0.4 is 4.74 Å². The zero-order valence-electron chi connectivity index (χ0n) is 14.7. The van der Waals surface area contributed by atoms with Gasteiger partial charge in [-0.25, -0.2) is 12.8 Å². The van der Waals surface area contributed by atoms with Gasteiger partial charge in [0.25, 0.3) is 0 Å². The fourth-order valence-electron chi connectivity index (χ4n) is 3.03. The summed E-state index contributed by atoms with van der Waals surface area (Å²) < 4.78 is 45.5. The van der Waals surface area contributed by atoms with Crippen LogP contribution in [-0.2, 0) is 10.0 Å². The number of sulfonamides is 1. The van der Waals surface area contributed by atoms with Crippen LogP contribution in [0.5, 0.6) is 11.5 Å². The normalized spacial score (nSPS) is 18.2. The van der Waals surface area contributed by atoms with Crippen molar-refractivity contribution in [1.29, 1.82) is 0 Å². The van der Waals surface area contributed by atoms with Gasteiger partial charge in [0.2, 0.25) is 15.8 Å². The topological polar surface area (TPSA) is 89.8 Å². The molecule has 0 aliphatic carbocycles. The molecule has 1 heterocycles. The maximum Gasteiger partial charge on any atom is 0.312 e. The fraction of sp³-hybridized carbons (Fsp3) is 0.333. The Morgan fingerprint density at radius 3 is 2.56 bits per heavy atom. The number of piperidine rings is 1. The van der Waals surface area contributed by atoms with E-state index in [1.54, 1.807) is 0 Å². The van der Waals surface area contributed by atoms with Crippen molar-refractivity contribution in [2.45, 2.75) is 24.7 Å². The second-order valence-electron chi connectivity index (χ2n) is 6.55. The molecule has 9 heteroatoms. The minimum absolute atomic E-state index is 0.113. The van der Waals surface area contributed by atoms with E-state index in [4.69, 9.17) is 4.74 Å². The summed E-state index contributed by atoms with van der Waals surface area (Å²) in [6.45, 7) is 2.77. The highest BCUT2D eigenvalue weighted by Crippen LogP contribution is 2.34. The monoisotopic (exact) mass is 394 g/mol. The maximum absolute atomic E-state index is 13.0. The predicted molar refractivity (Wildman–Crippen MR) is 96.7 cm³/mol. The molecule has 27 heavy (non-hydrogen) atoms. The minimum Gasteiger partial charge on any atom is -0.450 e. The third-order valence-electron chi connectivity index (χ3n) is 4.43. The van der Waals surface area contributed by atoms with E-state index in [2.05, 4.69) is 0 Å². The summed E-state index contributed by atoms with van der Waals surface area (Å²) >= 11 is 0. The average molecular weight is 394 g/mol. The Bertz CT molecular complexity index is 947. The molecule has 1 aliphatic heterocycles. The molecule has 1 atom stereocenters. The summed E-state index contributed by atoms with van der Waals surface area (Å²) in [4.78, 5) is 10.6. The molecule has 0 aromatic heterocycles. The molecule has 3 rings (SSSR count). The van der Waals surface area contributed by atoms with Gasteiger partial charge in [0, 0.05) is 19.2 Å². The molecular formula is C18H19FN2O5S. The largest absolute Gasteiger partial charge is 0.450 e. The molecule has 144 valence electrons. The fourth-order valence-corrected chi connectivity index (χ4v) is 4.65. The van der Waals surface area contributed by atoms with Crippen molar-refractivity contribution in [1.82, 2.24) is 4.31 Å². The molecule has 0 amide bonds. The quantitative estimate of drug-likeness (QED) is 0.566. The van der Waals surface area contributed by atoms with Crippen molar-refractivity contribution in [3.8, 4) is 11.5 Å². The first-order valence-corrected chi connectivity index (χ1v) is 9.93. The third-order valence-corrected chi connectivity index (χ3v) is 6.29. The van der Waals surface area contributed by atoms with E-state index in [1.165, 1.54) is 28.6 Å². The number of hydrogen-bond acceptors (Lipinski definition) is 5. The van der Waals surface area contributed by atoms with Crippen molar-refractivity contribution in [3.63, 3.8) is 0 Å². The van der Waals surface area contributed by atoms with Crippen LogP contribution >= 0.6 is 0 Å². The molecule has 0 bridgehead atoms. The van der Waals surface area contributed by atoms with Gasteiger partial charge in [0.15, 0.2) is 0 Å². The van der Waals surface area contributed by atoms with Crippen LogP contribution in [0.2, 0.25) is 0 Å². The van der Waals surface area contributed by atoms with Crippen molar-refractivity contribution in [3.05, 3.63) is 58.4 Å². The van der Waals surface area contributed by atoms with Crippen molar-refractivity contribution in [2.75, 3.05) is 13.1 Å². The molecule has 7 nitrogen and oxygen atoms in total. The lowest BCUT2D eigenvalue weighted by atomic mass is 10.0. The van der Waals surface area contributed by atoms with Crippen molar-refractivity contribution < 1.29 is 22.5 Å². The highest BCUT2D eigenvalue weighted by Gasteiger charge is 2.31. The van der Waals surface area contributed by atoms with E-state index >= 15 is 0 Å². The van der Waals surface area contributed by atoms with Crippen LogP contribution in [0.15, 0.2) is 47.4 Å². The molecular weight excluding hydrogens is 375 g/mol. The van der Waals surface area contributed by atoms with E-state index in [-0.39, 0.29) is 22.3 Å². The van der Waals surface area contributed by atoms with Crippen LogP contribution in [0.1, 0.15) is 19.8 Å². The Kier molecular flexibility index (Phi) is 5.43. The zero-order valence-corrected chi connectivity index (χ0v) is 15.5. The van der Waals surface area contributed by atoms with E-state index < -0.39 is 26.5 Å². The highest BCUT2D eigenvalue weighted by atomic mass is 32.2. The number of hydrogen-bond donors (Lipinski definition) is 0. The lowest BCUT2D eigenvalue weighted by Gasteiger charge is -2.30. The van der Waals surface area contributed by atoms with E-state index in [9.17, 15) is 22.9 Å². The number of rotatable bonds is 5. The van der Waals surface area contributed by atoms with Crippen molar-refractivity contribution in [2.24, 2.45) is 5.92 Å². The lowest BCUT2D eigenvalue weighted by Crippen LogP contribution is -2.39. The molecule has 0 spiro atoms. The average Bonchev–Trinajstić information content (AvgIpc) is 2.63. The van der Waals surface area contributed by atoms with Crippen LogP contribution in [0, 0.1) is 21.8 Å². The first-order chi connectivity index (χ1) is 12.8. The molecule has 2 aromatic carbocycles. The molecule has 0 unspecified atom stereocenters. The number of nitro benzene ring substituents is 1. The van der Waals surface area contributed by atoms with Gasteiger partial charge >= 0.3 is 5.69 Å². The number of benzene rings is 2. The van der Waals surface area contributed by atoms with Gasteiger partial charge in [-0.15, -0.1) is 0 Å². The second kappa shape index (κ2) is 7.61. The van der Waals surface area contributed by atoms with Crippen molar-refractivity contribution >= 4 is 15.7 Å². The second-order valence-corrected chi connectivity index (χ2v) is 8.49. The van der Waals surface area contributed by atoms with E-state index in [1.807, 2.05) is 6.92 Å². The van der Waals surface area contributed by atoms with Gasteiger partial charge in [-0.05, 0) is 55.2 Å². The van der Waals surface area contributed by atoms with Gasteiger partial charge in [-0.2, -0.15) is 4.31 Å². The van der Waals surface area contributed by atoms with Crippen LogP contribution in [0.25, 0.3) is 0 Å². The van der Waals surface area contributed by atoms with Gasteiger partial charge in [-0.3, -0.25) is 10.1 Å². The summed E-state index contributed by atoms with van der Waals surface area (Å²) in [5.74, 6) is -0.129. The standard InChI is InChI=1S/C18H19FN2O5S/c1-13-3-2-10-20(12-13)27(24,25)16-8-9-18(17(11-16)21(22)23)26-15-6-4-14(19)5-7-15/h4-9,11,13H,2-3,10,12H2,1H3/t13-/m0/s1. The number of halogens is 1. The van der Waals surface area contributed by atoms with Crippen LogP contribution in [0.3, 0.4) is 0 Å². The molecule has 2 aromatic rings. The SMILES string of the molecule is C[C@H]1CCCN(S(=O)(=O)c2ccc(Oc3ccc(F)cc3)c([N+](=O)[O-])c2)C1. The Balaban J connectivity index is 1.93. The van der Waals surface area contributed by atoms with Crippen LogP contribution in [-0.4, -0.2) is 30.7 Å². The summed E-state index contributed by atoms with van der Waals surface area (Å²) in [6, 6.07) is 8.54. The molecule has 1 fully saturated rings. The van der Waals surface area contributed by atoms with E-state index in [0.717, 1.165) is 31.0 Å². The van der Waals surface area contributed by atoms with Gasteiger partial charge in [0.05, 0.1) is 9.82 Å². The Morgan fingerprint density at radius 2 is 1.93 bits per heavy atom. The zero-order chi connectivity index (χ0) is 19.6. The first-order valence-electron chi connectivity index (χ1n) is 8.49. The molecule has 1 aliphatic rings. The number of nitro groups is 1. The summed E-state index contributed by atoms with van der Waals surface area (Å²) in [6.07, 6.45) is 1.71. The number of ether oxygens (including phenoxy) is 1. The molecule has 0 radical (unpaired) electrons. The van der Waals surface area contributed by atoms with Crippen LogP contribution in [0.4, 0.5) is 10.1 Å². The van der Waals surface area contributed by atoms with Gasteiger partial charge < -0.3 is 4.74 Å². The highest BCUT2D eigenvalue weighted by molar-refractivity contribution is 7.89. The summed E-state index contributed by atoms with van der Waals surface area (Å²) in [5.41, 5.74) is -0.467. The molecule has 1 saturated heterocycles.